The quantitative estimate of drug-likeness (QED) is 0.518. The van der Waals surface area contributed by atoms with Gasteiger partial charge in [0.2, 0.25) is 0 Å². The molecule has 0 aliphatic carbocycles. The van der Waals surface area contributed by atoms with Crippen molar-refractivity contribution in [3.8, 4) is 11.3 Å². The van der Waals surface area contributed by atoms with Gasteiger partial charge < -0.3 is 4.42 Å². The van der Waals surface area contributed by atoms with E-state index in [-0.39, 0.29) is 5.76 Å². The molecule has 4 aromatic rings. The molecule has 0 fully saturated rings. The number of carbonyl (C=O) groups is 2. The van der Waals surface area contributed by atoms with Crippen LogP contribution in [-0.2, 0) is 0 Å². The van der Waals surface area contributed by atoms with Crippen LogP contribution in [0.15, 0.2) is 71.3 Å². The van der Waals surface area contributed by atoms with Gasteiger partial charge >= 0.3 is 5.91 Å². The zero-order valence-corrected chi connectivity index (χ0v) is 16.0. The van der Waals surface area contributed by atoms with Crippen molar-refractivity contribution >= 4 is 22.7 Å². The molecule has 2 aromatic heterocycles. The third-order valence-electron chi connectivity index (χ3n) is 4.67. The number of benzene rings is 2. The second-order valence-corrected chi connectivity index (χ2v) is 6.78. The first-order valence-corrected chi connectivity index (χ1v) is 9.14. The number of hydrogen-bond donors (Lipinski definition) is 2. The summed E-state index contributed by atoms with van der Waals surface area (Å²) in [5, 5.41) is 0.698. The molecule has 0 aliphatic rings. The van der Waals surface area contributed by atoms with Crippen molar-refractivity contribution in [2.45, 2.75) is 13.8 Å². The van der Waals surface area contributed by atoms with Gasteiger partial charge in [-0.3, -0.25) is 20.4 Å². The number of nitrogens with one attached hydrogen (secondary N) is 2. The Morgan fingerprint density at radius 2 is 1.62 bits per heavy atom. The Hall–Kier alpha value is -3.93. The van der Waals surface area contributed by atoms with Gasteiger partial charge in [0.25, 0.3) is 5.91 Å². The first kappa shape index (κ1) is 18.4. The highest BCUT2D eigenvalue weighted by Crippen LogP contribution is 2.25. The number of aromatic nitrogens is 1. The first-order chi connectivity index (χ1) is 14.0. The second-order valence-electron chi connectivity index (χ2n) is 6.78. The molecule has 4 rings (SSSR count). The highest BCUT2D eigenvalue weighted by Gasteiger charge is 2.17. The van der Waals surface area contributed by atoms with E-state index in [1.54, 1.807) is 19.1 Å². The van der Waals surface area contributed by atoms with Crippen LogP contribution in [0.25, 0.3) is 22.2 Å². The summed E-state index contributed by atoms with van der Waals surface area (Å²) in [5.41, 5.74) is 9.41. The van der Waals surface area contributed by atoms with Crippen molar-refractivity contribution in [1.29, 1.82) is 0 Å². The molecule has 0 unspecified atom stereocenters. The van der Waals surface area contributed by atoms with Crippen molar-refractivity contribution in [3.05, 3.63) is 89.4 Å². The highest BCUT2D eigenvalue weighted by molar-refractivity contribution is 6.08. The van der Waals surface area contributed by atoms with E-state index < -0.39 is 11.8 Å². The van der Waals surface area contributed by atoms with Gasteiger partial charge in [-0.15, -0.1) is 0 Å². The van der Waals surface area contributed by atoms with Gasteiger partial charge in [0.1, 0.15) is 0 Å². The summed E-state index contributed by atoms with van der Waals surface area (Å²) in [6.45, 7) is 3.77. The van der Waals surface area contributed by atoms with Crippen LogP contribution in [-0.4, -0.2) is 16.8 Å². The van der Waals surface area contributed by atoms with E-state index >= 15 is 0 Å². The Morgan fingerprint density at radius 3 is 2.34 bits per heavy atom. The predicted molar refractivity (Wildman–Crippen MR) is 110 cm³/mol. The number of furan rings is 1. The van der Waals surface area contributed by atoms with Crippen LogP contribution in [0.2, 0.25) is 0 Å². The van der Waals surface area contributed by atoms with Crippen molar-refractivity contribution in [1.82, 2.24) is 15.8 Å². The zero-order valence-electron chi connectivity index (χ0n) is 16.0. The fraction of sp³-hybridized carbons (Fsp3) is 0.0870. The Kier molecular flexibility index (Phi) is 4.83. The number of hydrogen-bond acceptors (Lipinski definition) is 4. The van der Waals surface area contributed by atoms with Gasteiger partial charge in [0, 0.05) is 16.5 Å². The van der Waals surface area contributed by atoms with E-state index in [1.807, 2.05) is 55.5 Å². The minimum Gasteiger partial charge on any atom is -0.459 e. The van der Waals surface area contributed by atoms with E-state index in [4.69, 9.17) is 4.42 Å². The van der Waals surface area contributed by atoms with Crippen molar-refractivity contribution in [2.75, 3.05) is 0 Å². The average Bonchev–Trinajstić information content (AvgIpc) is 3.17. The Balaban J connectivity index is 1.66. The minimum absolute atomic E-state index is 0.158. The zero-order chi connectivity index (χ0) is 20.4. The monoisotopic (exact) mass is 385 g/mol. The van der Waals surface area contributed by atoms with Gasteiger partial charge in [-0.2, -0.15) is 0 Å². The molecule has 29 heavy (non-hydrogen) atoms. The Bertz CT molecular complexity index is 1210. The third kappa shape index (κ3) is 3.73. The highest BCUT2D eigenvalue weighted by atomic mass is 16.3. The molecule has 2 heterocycles. The molecule has 0 spiro atoms. The molecule has 0 radical (unpaired) electrons. The molecule has 0 aliphatic heterocycles. The maximum Gasteiger partial charge on any atom is 0.305 e. The Morgan fingerprint density at radius 1 is 0.897 bits per heavy atom. The van der Waals surface area contributed by atoms with E-state index in [9.17, 15) is 9.59 Å². The van der Waals surface area contributed by atoms with Crippen LogP contribution in [0.4, 0.5) is 0 Å². The molecule has 2 N–H and O–H groups in total. The second kappa shape index (κ2) is 7.59. The van der Waals surface area contributed by atoms with Crippen molar-refractivity contribution < 1.29 is 14.0 Å². The van der Waals surface area contributed by atoms with Crippen LogP contribution in [0, 0.1) is 13.8 Å². The van der Waals surface area contributed by atoms with Gasteiger partial charge in [-0.05, 0) is 32.0 Å². The number of nitrogens with zero attached hydrogens (tertiary/aromatic N) is 1. The van der Waals surface area contributed by atoms with Crippen LogP contribution in [0.3, 0.4) is 0 Å². The molecule has 2 amide bonds. The fourth-order valence-corrected chi connectivity index (χ4v) is 3.08. The summed E-state index contributed by atoms with van der Waals surface area (Å²) in [4.78, 5) is 29.8. The lowest BCUT2D eigenvalue weighted by Gasteiger charge is -2.11. The lowest BCUT2D eigenvalue weighted by molar-refractivity contribution is 0.0831. The summed E-state index contributed by atoms with van der Waals surface area (Å²) in [6.07, 6.45) is 1.43. The van der Waals surface area contributed by atoms with Gasteiger partial charge in [-0.25, -0.2) is 4.98 Å². The topological polar surface area (TPSA) is 84.2 Å². The van der Waals surface area contributed by atoms with Crippen LogP contribution < -0.4 is 10.9 Å². The van der Waals surface area contributed by atoms with Crippen LogP contribution in [0.5, 0.6) is 0 Å². The van der Waals surface area contributed by atoms with E-state index in [2.05, 4.69) is 15.8 Å². The summed E-state index contributed by atoms with van der Waals surface area (Å²) in [6, 6.07) is 18.7. The average molecular weight is 385 g/mol. The number of hydrazine groups is 1. The van der Waals surface area contributed by atoms with E-state index in [0.717, 1.165) is 11.1 Å². The lowest BCUT2D eigenvalue weighted by Crippen LogP contribution is -2.41. The molecular weight excluding hydrogens is 366 g/mol. The van der Waals surface area contributed by atoms with Gasteiger partial charge in [-0.1, -0.05) is 48.0 Å². The number of amides is 2. The number of carbonyl (C=O) groups excluding carboxylic acids is 2. The maximum absolute atomic E-state index is 12.9. The summed E-state index contributed by atoms with van der Waals surface area (Å²) in [5.74, 6) is -0.794. The van der Waals surface area contributed by atoms with E-state index in [0.29, 0.717) is 27.7 Å². The van der Waals surface area contributed by atoms with Gasteiger partial charge in [0.15, 0.2) is 5.76 Å². The number of pyridine rings is 1. The largest absolute Gasteiger partial charge is 0.459 e. The van der Waals surface area contributed by atoms with Crippen LogP contribution >= 0.6 is 0 Å². The Labute approximate surface area is 167 Å². The SMILES string of the molecule is Cc1ccc(-c2cc(C(=O)NNC(=O)c3occc3C)c3ccccc3n2)cc1. The molecule has 6 heteroatoms. The molecule has 144 valence electrons. The standard InChI is InChI=1S/C23H19N3O3/c1-14-7-9-16(10-8-14)20-13-18(17-5-3-4-6-19(17)24-20)22(27)25-26-23(28)21-15(2)11-12-29-21/h3-13H,1-2H3,(H,25,27)(H,26,28). The molecule has 6 nitrogen and oxygen atoms in total. The lowest BCUT2D eigenvalue weighted by atomic mass is 10.0. The predicted octanol–water partition coefficient (Wildman–Crippen LogP) is 4.19. The molecular formula is C23H19N3O3. The fourth-order valence-electron chi connectivity index (χ4n) is 3.08. The molecule has 0 atom stereocenters. The summed E-state index contributed by atoms with van der Waals surface area (Å²) >= 11 is 0. The van der Waals surface area contributed by atoms with Gasteiger partial charge in [0.05, 0.1) is 23.0 Å². The number of rotatable bonds is 3. The van der Waals surface area contributed by atoms with E-state index in [1.165, 1.54) is 6.26 Å². The molecule has 0 saturated carbocycles. The molecule has 0 saturated heterocycles. The summed E-state index contributed by atoms with van der Waals surface area (Å²) in [7, 11) is 0. The number of aryl methyl sites for hydroxylation is 2. The summed E-state index contributed by atoms with van der Waals surface area (Å²) < 4.78 is 5.15. The molecule has 0 bridgehead atoms. The first-order valence-electron chi connectivity index (χ1n) is 9.14. The molecule has 2 aromatic carbocycles. The van der Waals surface area contributed by atoms with Crippen molar-refractivity contribution in [3.63, 3.8) is 0 Å². The van der Waals surface area contributed by atoms with Crippen LogP contribution in [0.1, 0.15) is 32.0 Å². The number of fused-ring (bicyclic) bond motifs is 1. The maximum atomic E-state index is 12.9. The normalized spacial score (nSPS) is 10.7. The smallest absolute Gasteiger partial charge is 0.305 e. The number of para-hydroxylation sites is 1. The minimum atomic E-state index is -0.516. The van der Waals surface area contributed by atoms with Crippen molar-refractivity contribution in [2.24, 2.45) is 0 Å². The third-order valence-corrected chi connectivity index (χ3v) is 4.67.